The lowest BCUT2D eigenvalue weighted by atomic mass is 10.1. The van der Waals surface area contributed by atoms with Gasteiger partial charge in [-0.05, 0) is 18.1 Å². The van der Waals surface area contributed by atoms with Gasteiger partial charge in [0.05, 0.1) is 13.1 Å². The highest BCUT2D eigenvalue weighted by molar-refractivity contribution is 5.79. The molecule has 0 fully saturated rings. The Balaban J connectivity index is 1.78. The second kappa shape index (κ2) is 9.15. The SMILES string of the molecule is CC(=O)Cn1c(CN(Cc2ccccc2)Cc2ccccc2)nc2c1c(=O)[nH]c(=O)n2C. The standard InChI is InChI=1S/C24H25N5O3/c1-17(30)13-29-20(25-22-21(29)23(31)26-24(32)27(22)2)16-28(14-18-9-5-3-6-10-18)15-19-11-7-4-8-12-19/h3-12H,13-16H2,1-2H3,(H,26,31,32). The normalized spacial score (nSPS) is 11.3. The molecule has 2 aromatic heterocycles. The third-order valence-corrected chi connectivity index (χ3v) is 5.33. The number of aromatic amines is 1. The molecular weight excluding hydrogens is 406 g/mol. The summed E-state index contributed by atoms with van der Waals surface area (Å²) in [4.78, 5) is 45.8. The molecule has 0 amide bonds. The van der Waals surface area contributed by atoms with Gasteiger partial charge in [-0.15, -0.1) is 0 Å². The number of nitrogens with zero attached hydrogens (tertiary/aromatic N) is 4. The molecule has 0 aliphatic rings. The molecule has 8 nitrogen and oxygen atoms in total. The summed E-state index contributed by atoms with van der Waals surface area (Å²) >= 11 is 0. The molecule has 0 saturated heterocycles. The van der Waals surface area contributed by atoms with E-state index in [1.807, 2.05) is 36.4 Å². The highest BCUT2D eigenvalue weighted by Gasteiger charge is 2.20. The Hall–Kier alpha value is -3.78. The third-order valence-electron chi connectivity index (χ3n) is 5.33. The Labute approximate surface area is 184 Å². The second-order valence-electron chi connectivity index (χ2n) is 7.92. The van der Waals surface area contributed by atoms with Crippen LogP contribution in [0.5, 0.6) is 0 Å². The predicted octanol–water partition coefficient (Wildman–Crippen LogP) is 2.21. The third kappa shape index (κ3) is 4.60. The number of hydrogen-bond acceptors (Lipinski definition) is 5. The van der Waals surface area contributed by atoms with Gasteiger partial charge in [-0.2, -0.15) is 0 Å². The van der Waals surface area contributed by atoms with Crippen LogP contribution in [0.1, 0.15) is 23.9 Å². The zero-order valence-corrected chi connectivity index (χ0v) is 18.1. The van der Waals surface area contributed by atoms with Crippen molar-refractivity contribution in [2.24, 2.45) is 7.05 Å². The number of hydrogen-bond donors (Lipinski definition) is 1. The molecule has 32 heavy (non-hydrogen) atoms. The van der Waals surface area contributed by atoms with Crippen LogP contribution in [0.15, 0.2) is 70.3 Å². The molecule has 0 atom stereocenters. The number of ketones is 1. The van der Waals surface area contributed by atoms with E-state index in [1.54, 1.807) is 11.6 Å². The number of benzene rings is 2. The van der Waals surface area contributed by atoms with Gasteiger partial charge in [0.2, 0.25) is 0 Å². The lowest BCUT2D eigenvalue weighted by Crippen LogP contribution is -2.29. The van der Waals surface area contributed by atoms with Crippen LogP contribution in [0, 0.1) is 0 Å². The first kappa shape index (κ1) is 21.5. The van der Waals surface area contributed by atoms with Gasteiger partial charge in [0.1, 0.15) is 11.6 Å². The fraction of sp³-hybridized carbons (Fsp3) is 0.250. The van der Waals surface area contributed by atoms with E-state index < -0.39 is 11.2 Å². The van der Waals surface area contributed by atoms with E-state index in [0.717, 1.165) is 11.1 Å². The number of aryl methyl sites for hydroxylation is 1. The molecule has 164 valence electrons. The summed E-state index contributed by atoms with van der Waals surface area (Å²) in [6, 6.07) is 20.2. The Kier molecular flexibility index (Phi) is 6.13. The minimum absolute atomic E-state index is 0.0115. The number of H-pyrrole nitrogens is 1. The molecule has 0 aliphatic carbocycles. The first-order valence-corrected chi connectivity index (χ1v) is 10.4. The Morgan fingerprint density at radius 3 is 2.03 bits per heavy atom. The van der Waals surface area contributed by atoms with E-state index in [0.29, 0.717) is 25.5 Å². The molecule has 1 N–H and O–H groups in total. The van der Waals surface area contributed by atoms with Crippen LogP contribution >= 0.6 is 0 Å². The predicted molar refractivity (Wildman–Crippen MR) is 122 cm³/mol. The summed E-state index contributed by atoms with van der Waals surface area (Å²) in [7, 11) is 1.56. The molecular formula is C24H25N5O3. The summed E-state index contributed by atoms with van der Waals surface area (Å²) in [6.45, 7) is 3.21. The van der Waals surface area contributed by atoms with E-state index in [4.69, 9.17) is 0 Å². The van der Waals surface area contributed by atoms with Crippen LogP contribution in [0.3, 0.4) is 0 Å². The molecule has 0 radical (unpaired) electrons. The molecule has 0 unspecified atom stereocenters. The van der Waals surface area contributed by atoms with Crippen LogP contribution < -0.4 is 11.2 Å². The van der Waals surface area contributed by atoms with Crippen molar-refractivity contribution in [1.82, 2.24) is 24.0 Å². The fourth-order valence-electron chi connectivity index (χ4n) is 3.84. The molecule has 0 bridgehead atoms. The summed E-state index contributed by atoms with van der Waals surface area (Å²) < 4.78 is 2.93. The van der Waals surface area contributed by atoms with Gasteiger partial charge in [-0.3, -0.25) is 24.0 Å². The maximum Gasteiger partial charge on any atom is 0.329 e. The molecule has 8 heteroatoms. The van der Waals surface area contributed by atoms with Gasteiger partial charge in [-0.1, -0.05) is 60.7 Å². The number of fused-ring (bicyclic) bond motifs is 1. The first-order valence-electron chi connectivity index (χ1n) is 10.4. The maximum absolute atomic E-state index is 12.6. The smallest absolute Gasteiger partial charge is 0.314 e. The highest BCUT2D eigenvalue weighted by Crippen LogP contribution is 2.17. The molecule has 4 aromatic rings. The van der Waals surface area contributed by atoms with Crippen molar-refractivity contribution in [2.45, 2.75) is 33.1 Å². The van der Waals surface area contributed by atoms with Crippen LogP contribution in [0.2, 0.25) is 0 Å². The molecule has 0 spiro atoms. The molecule has 0 saturated carbocycles. The van der Waals surface area contributed by atoms with Crippen molar-refractivity contribution < 1.29 is 4.79 Å². The van der Waals surface area contributed by atoms with E-state index in [-0.39, 0.29) is 23.5 Å². The average molecular weight is 431 g/mol. The van der Waals surface area contributed by atoms with E-state index in [1.165, 1.54) is 11.5 Å². The number of imidazole rings is 1. The maximum atomic E-state index is 12.6. The van der Waals surface area contributed by atoms with Gasteiger partial charge in [0.15, 0.2) is 11.2 Å². The lowest BCUT2D eigenvalue weighted by molar-refractivity contribution is -0.117. The quantitative estimate of drug-likeness (QED) is 0.462. The van der Waals surface area contributed by atoms with Gasteiger partial charge in [0, 0.05) is 20.1 Å². The molecule has 2 heterocycles. The van der Waals surface area contributed by atoms with E-state index in [9.17, 15) is 14.4 Å². The fourth-order valence-corrected chi connectivity index (χ4v) is 3.84. The number of aromatic nitrogens is 4. The Morgan fingerprint density at radius 2 is 1.50 bits per heavy atom. The topological polar surface area (TPSA) is 93.0 Å². The van der Waals surface area contributed by atoms with Crippen LogP contribution in [0.4, 0.5) is 0 Å². The number of Topliss-reactive ketones (excluding diaryl/α,β-unsaturated/α-hetero) is 1. The summed E-state index contributed by atoms with van der Waals surface area (Å²) in [5.74, 6) is 0.463. The zero-order chi connectivity index (χ0) is 22.7. The largest absolute Gasteiger partial charge is 0.329 e. The first-order chi connectivity index (χ1) is 15.4. The second-order valence-corrected chi connectivity index (χ2v) is 7.92. The number of carbonyl (C=O) groups is 1. The van der Waals surface area contributed by atoms with Crippen molar-refractivity contribution in [3.8, 4) is 0 Å². The summed E-state index contributed by atoms with van der Waals surface area (Å²) in [5.41, 5.74) is 1.71. The van der Waals surface area contributed by atoms with Crippen molar-refractivity contribution in [3.63, 3.8) is 0 Å². The van der Waals surface area contributed by atoms with Crippen LogP contribution in [0.25, 0.3) is 11.2 Å². The molecule has 4 rings (SSSR count). The summed E-state index contributed by atoms with van der Waals surface area (Å²) in [6.07, 6.45) is 0. The van der Waals surface area contributed by atoms with Crippen molar-refractivity contribution in [1.29, 1.82) is 0 Å². The van der Waals surface area contributed by atoms with E-state index in [2.05, 4.69) is 39.1 Å². The Bertz CT molecular complexity index is 1310. The number of carbonyl (C=O) groups excluding carboxylic acids is 1. The van der Waals surface area contributed by atoms with Gasteiger partial charge < -0.3 is 4.57 Å². The number of nitrogens with one attached hydrogen (secondary N) is 1. The zero-order valence-electron chi connectivity index (χ0n) is 18.1. The highest BCUT2D eigenvalue weighted by atomic mass is 16.2. The van der Waals surface area contributed by atoms with Crippen molar-refractivity contribution in [2.75, 3.05) is 0 Å². The monoisotopic (exact) mass is 431 g/mol. The van der Waals surface area contributed by atoms with Gasteiger partial charge in [-0.25, -0.2) is 9.78 Å². The van der Waals surface area contributed by atoms with Gasteiger partial charge >= 0.3 is 5.69 Å². The minimum atomic E-state index is -0.541. The van der Waals surface area contributed by atoms with Gasteiger partial charge in [0.25, 0.3) is 5.56 Å². The molecule has 0 aliphatic heterocycles. The number of rotatable bonds is 8. The average Bonchev–Trinajstić information content (AvgIpc) is 3.11. The van der Waals surface area contributed by atoms with Crippen molar-refractivity contribution in [3.05, 3.63) is 98.5 Å². The minimum Gasteiger partial charge on any atom is -0.314 e. The lowest BCUT2D eigenvalue weighted by Gasteiger charge is -2.23. The van der Waals surface area contributed by atoms with Crippen molar-refractivity contribution >= 4 is 16.9 Å². The van der Waals surface area contributed by atoms with E-state index >= 15 is 0 Å². The molecule has 2 aromatic carbocycles. The summed E-state index contributed by atoms with van der Waals surface area (Å²) in [5, 5.41) is 0. The van der Waals surface area contributed by atoms with Crippen LogP contribution in [-0.2, 0) is 38.0 Å². The van der Waals surface area contributed by atoms with Crippen LogP contribution in [-0.4, -0.2) is 29.8 Å². The Morgan fingerprint density at radius 1 is 0.938 bits per heavy atom.